The summed E-state index contributed by atoms with van der Waals surface area (Å²) in [5.41, 5.74) is 3.54. The van der Waals surface area contributed by atoms with Crippen LogP contribution in [0.2, 0.25) is 10.0 Å². The van der Waals surface area contributed by atoms with Crippen molar-refractivity contribution in [1.29, 1.82) is 0 Å². The number of carbonyl (C=O) groups is 1. The van der Waals surface area contributed by atoms with E-state index in [1.807, 2.05) is 25.1 Å². The van der Waals surface area contributed by atoms with Gasteiger partial charge >= 0.3 is 0 Å². The number of hydrogen-bond donors (Lipinski definition) is 2. The summed E-state index contributed by atoms with van der Waals surface area (Å²) in [6, 6.07) is 14.1. The average molecular weight is 565 g/mol. The van der Waals surface area contributed by atoms with Crippen molar-refractivity contribution in [1.82, 2.24) is 10.3 Å². The molecule has 2 N–H and O–H groups in total. The van der Waals surface area contributed by atoms with Crippen LogP contribution in [0.15, 0.2) is 57.4 Å². The first-order valence-electron chi connectivity index (χ1n) is 9.57. The molecule has 4 rings (SSSR count). The molecule has 0 aliphatic heterocycles. The van der Waals surface area contributed by atoms with Crippen molar-refractivity contribution in [3.8, 4) is 17.2 Å². The number of oxazole rings is 1. The fourth-order valence-corrected chi connectivity index (χ4v) is 4.62. The van der Waals surface area contributed by atoms with Gasteiger partial charge in [0.15, 0.2) is 10.7 Å². The molecule has 0 saturated carbocycles. The Hall–Kier alpha value is -2.65. The molecule has 1 heterocycles. The van der Waals surface area contributed by atoms with Crippen LogP contribution in [0.1, 0.15) is 15.9 Å². The smallest absolute Gasteiger partial charge is 0.261 e. The second kappa shape index (κ2) is 9.69. The number of methoxy groups -OCH3 is 1. The lowest BCUT2D eigenvalue weighted by atomic mass is 10.1. The maximum absolute atomic E-state index is 12.8. The maximum atomic E-state index is 12.8. The third kappa shape index (κ3) is 5.14. The fourth-order valence-electron chi connectivity index (χ4n) is 3.32. The van der Waals surface area contributed by atoms with Gasteiger partial charge in [-0.15, -0.1) is 0 Å². The van der Waals surface area contributed by atoms with Crippen molar-refractivity contribution in [2.75, 3.05) is 12.4 Å². The van der Waals surface area contributed by atoms with Gasteiger partial charge in [0.05, 0.1) is 17.7 Å². The molecule has 4 aromatic rings. The molecular formula is C23H16BrCl2N3O3S. The zero-order chi connectivity index (χ0) is 23.7. The molecule has 0 aliphatic carbocycles. The van der Waals surface area contributed by atoms with Crippen molar-refractivity contribution in [3.63, 3.8) is 0 Å². The molecule has 33 heavy (non-hydrogen) atoms. The van der Waals surface area contributed by atoms with E-state index in [4.69, 9.17) is 44.6 Å². The van der Waals surface area contributed by atoms with Gasteiger partial charge in [-0.05, 0) is 67.2 Å². The Labute approximate surface area is 213 Å². The summed E-state index contributed by atoms with van der Waals surface area (Å²) in [6.45, 7) is 1.86. The highest BCUT2D eigenvalue weighted by Gasteiger charge is 2.17. The third-order valence-corrected chi connectivity index (χ3v) is 5.85. The zero-order valence-corrected chi connectivity index (χ0v) is 21.2. The van der Waals surface area contributed by atoms with Crippen LogP contribution in [0.5, 0.6) is 5.75 Å². The van der Waals surface area contributed by atoms with Crippen LogP contribution < -0.4 is 15.4 Å². The molecule has 168 valence electrons. The van der Waals surface area contributed by atoms with Gasteiger partial charge < -0.3 is 14.5 Å². The molecule has 0 spiro atoms. The lowest BCUT2D eigenvalue weighted by Gasteiger charge is -2.14. The Kier molecular flexibility index (Phi) is 6.90. The Balaban J connectivity index is 1.53. The number of nitrogens with one attached hydrogen (secondary N) is 2. The van der Waals surface area contributed by atoms with Crippen molar-refractivity contribution >= 4 is 79.2 Å². The number of aryl methyl sites for hydroxylation is 1. The summed E-state index contributed by atoms with van der Waals surface area (Å²) in [6.07, 6.45) is 0. The normalized spacial score (nSPS) is 10.8. The van der Waals surface area contributed by atoms with E-state index in [-0.39, 0.29) is 5.11 Å². The van der Waals surface area contributed by atoms with E-state index < -0.39 is 5.91 Å². The average Bonchev–Trinajstić information content (AvgIpc) is 3.18. The first-order chi connectivity index (χ1) is 15.7. The van der Waals surface area contributed by atoms with Crippen LogP contribution in [0.25, 0.3) is 22.6 Å². The lowest BCUT2D eigenvalue weighted by Crippen LogP contribution is -2.34. The van der Waals surface area contributed by atoms with Gasteiger partial charge in [0.25, 0.3) is 5.91 Å². The minimum atomic E-state index is -0.393. The number of amides is 1. The highest BCUT2D eigenvalue weighted by atomic mass is 79.9. The number of benzene rings is 3. The topological polar surface area (TPSA) is 76.4 Å². The Morgan fingerprint density at radius 3 is 2.73 bits per heavy atom. The second-order valence-electron chi connectivity index (χ2n) is 7.05. The van der Waals surface area contributed by atoms with Crippen LogP contribution in [-0.2, 0) is 0 Å². The van der Waals surface area contributed by atoms with E-state index in [0.717, 1.165) is 10.0 Å². The van der Waals surface area contributed by atoms with Crippen molar-refractivity contribution in [2.24, 2.45) is 0 Å². The molecule has 0 fully saturated rings. The summed E-state index contributed by atoms with van der Waals surface area (Å²) in [4.78, 5) is 17.3. The Bertz CT molecular complexity index is 1410. The molecule has 0 bridgehead atoms. The quantitative estimate of drug-likeness (QED) is 0.260. The van der Waals surface area contributed by atoms with Gasteiger partial charge in [-0.1, -0.05) is 45.2 Å². The number of ether oxygens (including phenoxy) is 1. The number of aromatic nitrogens is 1. The van der Waals surface area contributed by atoms with E-state index in [2.05, 4.69) is 31.5 Å². The lowest BCUT2D eigenvalue weighted by molar-refractivity contribution is 0.0974. The zero-order valence-electron chi connectivity index (χ0n) is 17.3. The fraction of sp³-hybridized carbons (Fsp3) is 0.0870. The number of anilines is 1. The molecule has 1 aromatic heterocycles. The Morgan fingerprint density at radius 1 is 1.18 bits per heavy atom. The highest BCUT2D eigenvalue weighted by Crippen LogP contribution is 2.32. The first-order valence-corrected chi connectivity index (χ1v) is 11.5. The molecule has 1 amide bonds. The van der Waals surface area contributed by atoms with E-state index in [1.165, 1.54) is 7.11 Å². The number of hydrogen-bond acceptors (Lipinski definition) is 5. The van der Waals surface area contributed by atoms with Gasteiger partial charge in [-0.3, -0.25) is 10.1 Å². The summed E-state index contributed by atoms with van der Waals surface area (Å²) in [5, 5.41) is 6.67. The minimum Gasteiger partial charge on any atom is -0.496 e. The molecule has 6 nitrogen and oxygen atoms in total. The van der Waals surface area contributed by atoms with E-state index in [1.54, 1.807) is 30.3 Å². The molecule has 10 heteroatoms. The van der Waals surface area contributed by atoms with Gasteiger partial charge in [0.2, 0.25) is 5.89 Å². The van der Waals surface area contributed by atoms with E-state index in [0.29, 0.717) is 49.6 Å². The minimum absolute atomic E-state index is 0.129. The number of carbonyl (C=O) groups excluding carboxylic acids is 1. The summed E-state index contributed by atoms with van der Waals surface area (Å²) in [7, 11) is 1.52. The summed E-state index contributed by atoms with van der Waals surface area (Å²) >= 11 is 21.0. The highest BCUT2D eigenvalue weighted by molar-refractivity contribution is 9.10. The summed E-state index contributed by atoms with van der Waals surface area (Å²) < 4.78 is 12.0. The maximum Gasteiger partial charge on any atom is 0.261 e. The van der Waals surface area contributed by atoms with E-state index >= 15 is 0 Å². The molecule has 0 atom stereocenters. The van der Waals surface area contributed by atoms with Crippen molar-refractivity contribution in [2.45, 2.75) is 6.92 Å². The third-order valence-electron chi connectivity index (χ3n) is 4.69. The van der Waals surface area contributed by atoms with Crippen LogP contribution in [-0.4, -0.2) is 23.1 Å². The molecule has 0 saturated heterocycles. The number of fused-ring (bicyclic) bond motifs is 1. The number of halogens is 3. The predicted molar refractivity (Wildman–Crippen MR) is 139 cm³/mol. The number of nitrogens with zero attached hydrogens (tertiary/aromatic N) is 1. The van der Waals surface area contributed by atoms with Gasteiger partial charge in [0.1, 0.15) is 11.3 Å². The largest absolute Gasteiger partial charge is 0.496 e. The molecule has 0 radical (unpaired) electrons. The van der Waals surface area contributed by atoms with Crippen molar-refractivity contribution < 1.29 is 13.9 Å². The number of rotatable bonds is 4. The Morgan fingerprint density at radius 2 is 1.97 bits per heavy atom. The van der Waals surface area contributed by atoms with Crippen LogP contribution in [0.3, 0.4) is 0 Å². The first kappa shape index (κ1) is 23.5. The monoisotopic (exact) mass is 563 g/mol. The van der Waals surface area contributed by atoms with Gasteiger partial charge in [-0.2, -0.15) is 0 Å². The number of thiocarbonyl (C=S) groups is 1. The van der Waals surface area contributed by atoms with Crippen LogP contribution >= 0.6 is 51.3 Å². The molecular weight excluding hydrogens is 549 g/mol. The SMILES string of the molecule is COc1c(C)cc(Br)cc1C(=O)NC(=S)Nc1cccc(-c2nc3cc(Cl)cc(Cl)c3o2)c1. The van der Waals surface area contributed by atoms with Gasteiger partial charge in [0, 0.05) is 20.7 Å². The molecule has 3 aromatic carbocycles. The van der Waals surface area contributed by atoms with Crippen molar-refractivity contribution in [3.05, 3.63) is 74.2 Å². The molecule has 0 unspecified atom stereocenters. The van der Waals surface area contributed by atoms with Crippen LogP contribution in [0.4, 0.5) is 5.69 Å². The van der Waals surface area contributed by atoms with E-state index in [9.17, 15) is 4.79 Å². The standard InChI is InChI=1S/C23H16BrCl2N3O3S/c1-11-6-13(24)8-16(19(11)31-2)21(30)29-23(33)27-15-5-3-4-12(7-15)22-28-18-10-14(25)9-17(26)20(18)32-22/h3-10H,1-2H3,(H2,27,29,30,33). The van der Waals surface area contributed by atoms with Crippen LogP contribution in [0, 0.1) is 6.92 Å². The second-order valence-corrected chi connectivity index (χ2v) is 9.21. The van der Waals surface area contributed by atoms with Gasteiger partial charge in [-0.25, -0.2) is 4.98 Å². The molecule has 0 aliphatic rings. The predicted octanol–water partition coefficient (Wildman–Crippen LogP) is 7.01. The summed E-state index contributed by atoms with van der Waals surface area (Å²) in [5.74, 6) is 0.465.